The van der Waals surface area contributed by atoms with Gasteiger partial charge in [0.25, 0.3) is 5.91 Å². The van der Waals surface area contributed by atoms with Crippen LogP contribution in [-0.4, -0.2) is 31.4 Å². The summed E-state index contributed by atoms with van der Waals surface area (Å²) in [5, 5.41) is 3.07. The van der Waals surface area contributed by atoms with E-state index in [2.05, 4.69) is 32.8 Å². The van der Waals surface area contributed by atoms with Gasteiger partial charge in [0, 0.05) is 3.57 Å². The number of halogens is 2. The van der Waals surface area contributed by atoms with E-state index in [0.29, 0.717) is 5.56 Å². The first-order valence-electron chi connectivity index (χ1n) is 7.43. The van der Waals surface area contributed by atoms with Gasteiger partial charge in [0.05, 0.1) is 11.6 Å². The Balaban J connectivity index is 2.18. The van der Waals surface area contributed by atoms with E-state index in [1.165, 1.54) is 12.1 Å². The number of carbonyl (C=O) groups excluding carboxylic acids is 1. The highest BCUT2D eigenvalue weighted by atomic mass is 127. The first kappa shape index (κ1) is 17.9. The van der Waals surface area contributed by atoms with Gasteiger partial charge in [0.2, 0.25) is 0 Å². The van der Waals surface area contributed by atoms with Gasteiger partial charge in [-0.3, -0.25) is 4.79 Å². The molecule has 3 nitrogen and oxygen atoms in total. The Hall–Kier alpha value is -1.47. The number of nitrogens with zero attached hydrogens (tertiary/aromatic N) is 1. The molecule has 0 radical (unpaired) electrons. The zero-order valence-corrected chi connectivity index (χ0v) is 15.4. The second-order valence-electron chi connectivity index (χ2n) is 5.65. The number of hydrogen-bond donors (Lipinski definition) is 1. The van der Waals surface area contributed by atoms with Gasteiger partial charge in [-0.25, -0.2) is 4.39 Å². The number of amides is 1. The molecule has 0 saturated carbocycles. The lowest BCUT2D eigenvalue weighted by atomic mass is 10.0. The minimum atomic E-state index is -0.274. The first-order chi connectivity index (χ1) is 11.0. The summed E-state index contributed by atoms with van der Waals surface area (Å²) in [6, 6.07) is 13.6. The van der Waals surface area contributed by atoms with Crippen molar-refractivity contribution in [3.05, 3.63) is 69.0 Å². The molecule has 0 fully saturated rings. The maximum atomic E-state index is 13.1. The molecule has 2 aromatic carbocycles. The van der Waals surface area contributed by atoms with Crippen molar-refractivity contribution >= 4 is 28.5 Å². The number of hydrogen-bond acceptors (Lipinski definition) is 2. The molecule has 0 aliphatic carbocycles. The van der Waals surface area contributed by atoms with Crippen LogP contribution in [0.3, 0.4) is 0 Å². The third-order valence-corrected chi connectivity index (χ3v) is 4.50. The van der Waals surface area contributed by atoms with Crippen LogP contribution in [0.2, 0.25) is 0 Å². The molecule has 1 atom stereocenters. The van der Waals surface area contributed by atoms with E-state index in [1.807, 2.05) is 38.4 Å². The molecule has 1 amide bonds. The molecule has 0 heterocycles. The smallest absolute Gasteiger partial charge is 0.252 e. The third kappa shape index (κ3) is 5.28. The van der Waals surface area contributed by atoms with E-state index < -0.39 is 0 Å². The lowest BCUT2D eigenvalue weighted by Crippen LogP contribution is -2.31. The van der Waals surface area contributed by atoms with Crippen LogP contribution >= 0.6 is 22.6 Å². The van der Waals surface area contributed by atoms with Crippen molar-refractivity contribution in [2.24, 2.45) is 0 Å². The van der Waals surface area contributed by atoms with Crippen LogP contribution < -0.4 is 5.32 Å². The van der Waals surface area contributed by atoms with Crippen LogP contribution in [-0.2, 0) is 0 Å². The molecule has 23 heavy (non-hydrogen) atoms. The quantitative estimate of drug-likeness (QED) is 0.712. The van der Waals surface area contributed by atoms with Gasteiger partial charge < -0.3 is 10.2 Å². The molecular weight excluding hydrogens is 406 g/mol. The van der Waals surface area contributed by atoms with Gasteiger partial charge >= 0.3 is 0 Å². The van der Waals surface area contributed by atoms with Crippen LogP contribution in [0.15, 0.2) is 48.5 Å². The second-order valence-corrected chi connectivity index (χ2v) is 6.81. The molecule has 2 aromatic rings. The Morgan fingerprint density at radius 2 is 1.83 bits per heavy atom. The Kier molecular flexibility index (Phi) is 6.53. The average Bonchev–Trinajstić information content (AvgIpc) is 2.52. The van der Waals surface area contributed by atoms with Crippen LogP contribution in [0.1, 0.15) is 28.4 Å². The van der Waals surface area contributed by atoms with Crippen LogP contribution in [0.5, 0.6) is 0 Å². The minimum absolute atomic E-state index is 0.108. The first-order valence-corrected chi connectivity index (χ1v) is 8.51. The summed E-state index contributed by atoms with van der Waals surface area (Å²) in [6.45, 7) is 0.828. The number of rotatable bonds is 6. The molecule has 0 aliphatic heterocycles. The van der Waals surface area contributed by atoms with Crippen molar-refractivity contribution in [3.8, 4) is 0 Å². The van der Waals surface area contributed by atoms with E-state index in [4.69, 9.17) is 0 Å². The second kappa shape index (κ2) is 8.40. The summed E-state index contributed by atoms with van der Waals surface area (Å²) in [5.74, 6) is -0.382. The van der Waals surface area contributed by atoms with Crippen molar-refractivity contribution < 1.29 is 9.18 Å². The van der Waals surface area contributed by atoms with Crippen molar-refractivity contribution in [2.75, 3.05) is 20.6 Å². The van der Waals surface area contributed by atoms with E-state index in [9.17, 15) is 9.18 Å². The summed E-state index contributed by atoms with van der Waals surface area (Å²) in [5.41, 5.74) is 1.57. The van der Waals surface area contributed by atoms with Gasteiger partial charge in [0.1, 0.15) is 5.82 Å². The van der Waals surface area contributed by atoms with Gasteiger partial charge in [-0.15, -0.1) is 0 Å². The molecule has 0 bridgehead atoms. The highest BCUT2D eigenvalue weighted by Gasteiger charge is 2.17. The monoisotopic (exact) mass is 426 g/mol. The Labute approximate surface area is 150 Å². The standard InChI is InChI=1S/C18H20FIN2O/c1-22(2)12-11-17(13-7-9-14(19)10-8-13)21-18(23)15-5-3-4-6-16(15)20/h3-10,17H,11-12H2,1-2H3,(H,21,23). The highest BCUT2D eigenvalue weighted by molar-refractivity contribution is 14.1. The van der Waals surface area contributed by atoms with Crippen LogP contribution in [0, 0.1) is 9.39 Å². The zero-order chi connectivity index (χ0) is 16.8. The molecule has 0 aromatic heterocycles. The third-order valence-electron chi connectivity index (χ3n) is 3.56. The summed E-state index contributed by atoms with van der Waals surface area (Å²) < 4.78 is 14.1. The van der Waals surface area contributed by atoms with Crippen LogP contribution in [0.4, 0.5) is 4.39 Å². The van der Waals surface area contributed by atoms with Crippen molar-refractivity contribution in [3.63, 3.8) is 0 Å². The molecule has 122 valence electrons. The maximum Gasteiger partial charge on any atom is 0.252 e. The minimum Gasteiger partial charge on any atom is -0.345 e. The number of nitrogens with one attached hydrogen (secondary N) is 1. The molecule has 0 saturated heterocycles. The summed E-state index contributed by atoms with van der Waals surface area (Å²) in [4.78, 5) is 14.6. The predicted octanol–water partition coefficient (Wildman–Crippen LogP) is 3.85. The van der Waals surface area contributed by atoms with Crippen LogP contribution in [0.25, 0.3) is 0 Å². The van der Waals surface area contributed by atoms with E-state index >= 15 is 0 Å². The van der Waals surface area contributed by atoms with Crippen molar-refractivity contribution in [1.29, 1.82) is 0 Å². The Bertz CT molecular complexity index is 658. The zero-order valence-electron chi connectivity index (χ0n) is 13.2. The summed E-state index contributed by atoms with van der Waals surface area (Å²) in [6.07, 6.45) is 0.758. The lowest BCUT2D eigenvalue weighted by Gasteiger charge is -2.21. The number of benzene rings is 2. The Morgan fingerprint density at radius 1 is 1.17 bits per heavy atom. The van der Waals surface area contributed by atoms with Crippen molar-refractivity contribution in [2.45, 2.75) is 12.5 Å². The molecule has 2 rings (SSSR count). The summed E-state index contributed by atoms with van der Waals surface area (Å²) >= 11 is 2.15. The fourth-order valence-corrected chi connectivity index (χ4v) is 2.92. The topological polar surface area (TPSA) is 32.3 Å². The largest absolute Gasteiger partial charge is 0.345 e. The molecule has 1 N–H and O–H groups in total. The molecule has 5 heteroatoms. The van der Waals surface area contributed by atoms with Gasteiger partial charge in [-0.05, 0) is 79.5 Å². The normalized spacial score (nSPS) is 12.2. The van der Waals surface area contributed by atoms with E-state index in [0.717, 1.165) is 22.1 Å². The summed E-state index contributed by atoms with van der Waals surface area (Å²) in [7, 11) is 3.98. The van der Waals surface area contributed by atoms with Gasteiger partial charge in [-0.1, -0.05) is 24.3 Å². The predicted molar refractivity (Wildman–Crippen MR) is 98.9 cm³/mol. The van der Waals surface area contributed by atoms with E-state index in [1.54, 1.807) is 12.1 Å². The highest BCUT2D eigenvalue weighted by Crippen LogP contribution is 2.20. The molecule has 0 aliphatic rings. The Morgan fingerprint density at radius 3 is 2.43 bits per heavy atom. The molecule has 0 spiro atoms. The molecular formula is C18H20FIN2O. The van der Waals surface area contributed by atoms with Gasteiger partial charge in [-0.2, -0.15) is 0 Å². The SMILES string of the molecule is CN(C)CCC(NC(=O)c1ccccc1I)c1ccc(F)cc1. The molecule has 1 unspecified atom stereocenters. The average molecular weight is 426 g/mol. The fraction of sp³-hybridized carbons (Fsp3) is 0.278. The number of carbonyl (C=O) groups is 1. The van der Waals surface area contributed by atoms with Gasteiger partial charge in [0.15, 0.2) is 0 Å². The fourth-order valence-electron chi connectivity index (χ4n) is 2.29. The van der Waals surface area contributed by atoms with E-state index in [-0.39, 0.29) is 17.8 Å². The lowest BCUT2D eigenvalue weighted by molar-refractivity contribution is 0.0932. The van der Waals surface area contributed by atoms with Crippen molar-refractivity contribution in [1.82, 2.24) is 10.2 Å². The maximum absolute atomic E-state index is 13.1.